The Hall–Kier alpha value is -3.24. The Morgan fingerprint density at radius 2 is 1.92 bits per heavy atom. The highest BCUT2D eigenvalue weighted by Crippen LogP contribution is 2.29. The molecule has 0 bridgehead atoms. The lowest BCUT2D eigenvalue weighted by Crippen LogP contribution is -2.39. The second-order valence-electron chi connectivity index (χ2n) is 8.68. The first kappa shape index (κ1) is 25.8. The average Bonchev–Trinajstić information content (AvgIpc) is 3.33. The number of nitrogens with zero attached hydrogens (tertiary/aromatic N) is 4. The van der Waals surface area contributed by atoms with Crippen LogP contribution in [0.25, 0.3) is 22.3 Å². The van der Waals surface area contributed by atoms with Crippen molar-refractivity contribution in [3.05, 3.63) is 66.4 Å². The summed E-state index contributed by atoms with van der Waals surface area (Å²) in [6.45, 7) is 5.86. The van der Waals surface area contributed by atoms with E-state index in [1.165, 1.54) is 5.56 Å². The summed E-state index contributed by atoms with van der Waals surface area (Å²) in [7, 11) is 0. The summed E-state index contributed by atoms with van der Waals surface area (Å²) >= 11 is 0. The van der Waals surface area contributed by atoms with Crippen LogP contribution in [0.3, 0.4) is 0 Å². The van der Waals surface area contributed by atoms with Crippen LogP contribution >= 0.6 is 12.4 Å². The van der Waals surface area contributed by atoms with Crippen molar-refractivity contribution >= 4 is 35.1 Å². The number of ether oxygens (including phenoxy) is 1. The number of morpholine rings is 1. The van der Waals surface area contributed by atoms with Crippen LogP contribution in [-0.4, -0.2) is 71.0 Å². The van der Waals surface area contributed by atoms with E-state index in [9.17, 15) is 0 Å². The van der Waals surface area contributed by atoms with Gasteiger partial charge in [0.25, 0.3) is 0 Å². The Labute approximate surface area is 217 Å². The van der Waals surface area contributed by atoms with Crippen molar-refractivity contribution in [2.24, 2.45) is 5.73 Å². The molecule has 2 aromatic carbocycles. The average molecular weight is 509 g/mol. The zero-order chi connectivity index (χ0) is 23.9. The van der Waals surface area contributed by atoms with E-state index in [-0.39, 0.29) is 18.4 Å². The molecule has 1 aliphatic heterocycles. The number of rotatable bonds is 10. The monoisotopic (exact) mass is 508 g/mol. The normalized spacial score (nSPS) is 14.8. The van der Waals surface area contributed by atoms with E-state index < -0.39 is 0 Å². The summed E-state index contributed by atoms with van der Waals surface area (Å²) in [6.07, 6.45) is 2.68. The lowest BCUT2D eigenvalue weighted by molar-refractivity contribution is 0.0398. The number of hydrogen-bond acceptors (Lipinski definition) is 8. The van der Waals surface area contributed by atoms with Gasteiger partial charge < -0.3 is 21.1 Å². The van der Waals surface area contributed by atoms with Crippen molar-refractivity contribution in [2.45, 2.75) is 12.5 Å². The fourth-order valence-electron chi connectivity index (χ4n) is 4.40. The molecule has 36 heavy (non-hydrogen) atoms. The number of benzene rings is 2. The number of aromatic amines is 1. The molecule has 1 atom stereocenters. The Balaban J connectivity index is 0.00000304. The third-order valence-corrected chi connectivity index (χ3v) is 6.28. The number of fused-ring (bicyclic) bond motifs is 1. The van der Waals surface area contributed by atoms with Crippen LogP contribution in [0.5, 0.6) is 0 Å². The van der Waals surface area contributed by atoms with Gasteiger partial charge in [-0.05, 0) is 30.7 Å². The smallest absolute Gasteiger partial charge is 0.224 e. The Morgan fingerprint density at radius 1 is 1.08 bits per heavy atom. The number of aromatic nitrogens is 4. The Kier molecular flexibility index (Phi) is 9.07. The maximum absolute atomic E-state index is 5.89. The molecular formula is C26H33ClN8O. The van der Waals surface area contributed by atoms with E-state index in [2.05, 4.69) is 78.2 Å². The molecule has 0 radical (unpaired) electrons. The molecule has 1 saturated heterocycles. The van der Waals surface area contributed by atoms with Gasteiger partial charge in [-0.1, -0.05) is 42.5 Å². The van der Waals surface area contributed by atoms with Gasteiger partial charge in [-0.25, -0.2) is 4.98 Å². The summed E-state index contributed by atoms with van der Waals surface area (Å²) < 4.78 is 5.40. The predicted octanol–water partition coefficient (Wildman–Crippen LogP) is 3.69. The van der Waals surface area contributed by atoms with Crippen LogP contribution < -0.4 is 16.4 Å². The number of H-pyrrole nitrogens is 1. The SMILES string of the molecule is Cl.NCCC(Nc1cccc(-c2[nH]nc3nc(NCCN4CCOCC4)ncc23)c1)c1ccccc1. The minimum absolute atomic E-state index is 0. The van der Waals surface area contributed by atoms with Crippen LogP contribution in [0.15, 0.2) is 60.8 Å². The maximum Gasteiger partial charge on any atom is 0.224 e. The van der Waals surface area contributed by atoms with E-state index >= 15 is 0 Å². The quantitative estimate of drug-likeness (QED) is 0.256. The molecule has 0 amide bonds. The number of nitrogens with one attached hydrogen (secondary N) is 3. The van der Waals surface area contributed by atoms with Gasteiger partial charge in [-0.3, -0.25) is 10.00 Å². The zero-order valence-electron chi connectivity index (χ0n) is 20.2. The van der Waals surface area contributed by atoms with Gasteiger partial charge in [-0.15, -0.1) is 12.4 Å². The number of nitrogens with two attached hydrogens (primary N) is 1. The molecule has 5 rings (SSSR count). The van der Waals surface area contributed by atoms with Gasteiger partial charge >= 0.3 is 0 Å². The molecule has 4 aromatic rings. The molecule has 3 heterocycles. The highest BCUT2D eigenvalue weighted by atomic mass is 35.5. The van der Waals surface area contributed by atoms with Crippen LogP contribution in [0.1, 0.15) is 18.0 Å². The van der Waals surface area contributed by atoms with Crippen molar-refractivity contribution in [3.63, 3.8) is 0 Å². The molecule has 190 valence electrons. The van der Waals surface area contributed by atoms with E-state index in [0.717, 1.165) is 68.1 Å². The molecule has 10 heteroatoms. The van der Waals surface area contributed by atoms with Crippen molar-refractivity contribution in [3.8, 4) is 11.3 Å². The molecule has 0 aliphatic carbocycles. The van der Waals surface area contributed by atoms with Crippen LogP contribution in [0.4, 0.5) is 11.6 Å². The molecular weight excluding hydrogens is 476 g/mol. The van der Waals surface area contributed by atoms with E-state index in [0.29, 0.717) is 18.1 Å². The number of anilines is 2. The minimum Gasteiger partial charge on any atom is -0.379 e. The molecule has 2 aromatic heterocycles. The van der Waals surface area contributed by atoms with Crippen molar-refractivity contribution in [1.29, 1.82) is 0 Å². The lowest BCUT2D eigenvalue weighted by Gasteiger charge is -2.26. The van der Waals surface area contributed by atoms with Gasteiger partial charge in [-0.2, -0.15) is 10.1 Å². The Bertz CT molecular complexity index is 1230. The highest BCUT2D eigenvalue weighted by molar-refractivity contribution is 5.91. The van der Waals surface area contributed by atoms with Gasteiger partial charge in [0.15, 0.2) is 5.65 Å². The third kappa shape index (κ3) is 6.30. The van der Waals surface area contributed by atoms with Gasteiger partial charge in [0.05, 0.1) is 30.3 Å². The molecule has 1 fully saturated rings. The Morgan fingerprint density at radius 3 is 2.72 bits per heavy atom. The van der Waals surface area contributed by atoms with Crippen LogP contribution in [-0.2, 0) is 4.74 Å². The number of hydrogen-bond donors (Lipinski definition) is 4. The largest absolute Gasteiger partial charge is 0.379 e. The van der Waals surface area contributed by atoms with Gasteiger partial charge in [0, 0.05) is 43.6 Å². The topological polar surface area (TPSA) is 117 Å². The van der Waals surface area contributed by atoms with Crippen LogP contribution in [0, 0.1) is 0 Å². The first-order chi connectivity index (χ1) is 17.3. The number of halogens is 1. The second-order valence-corrected chi connectivity index (χ2v) is 8.68. The summed E-state index contributed by atoms with van der Waals surface area (Å²) in [5.74, 6) is 0.590. The van der Waals surface area contributed by atoms with Crippen LogP contribution in [0.2, 0.25) is 0 Å². The van der Waals surface area contributed by atoms with Crippen molar-refractivity contribution in [1.82, 2.24) is 25.1 Å². The minimum atomic E-state index is 0. The predicted molar refractivity (Wildman–Crippen MR) is 147 cm³/mol. The molecule has 1 unspecified atom stereocenters. The summed E-state index contributed by atoms with van der Waals surface area (Å²) in [4.78, 5) is 11.5. The van der Waals surface area contributed by atoms with Gasteiger partial charge in [0.2, 0.25) is 5.95 Å². The van der Waals surface area contributed by atoms with Crippen molar-refractivity contribution in [2.75, 3.05) is 56.6 Å². The standard InChI is InChI=1S/C26H32N8O.ClH/c27-10-9-23(19-5-2-1-3-6-19)30-21-8-4-7-20(17-21)24-22-18-29-26(31-25(22)33-32-24)28-11-12-34-13-15-35-16-14-34;/h1-8,17-18,23,30H,9-16,27H2,(H2,28,29,31,32,33);1H. The molecule has 0 saturated carbocycles. The third-order valence-electron chi connectivity index (χ3n) is 6.28. The summed E-state index contributed by atoms with van der Waals surface area (Å²) in [6, 6.07) is 18.8. The van der Waals surface area contributed by atoms with Gasteiger partial charge in [0.1, 0.15) is 0 Å². The van der Waals surface area contributed by atoms with E-state index in [1.54, 1.807) is 0 Å². The van der Waals surface area contributed by atoms with E-state index in [4.69, 9.17) is 10.5 Å². The fourth-order valence-corrected chi connectivity index (χ4v) is 4.40. The second kappa shape index (κ2) is 12.6. The van der Waals surface area contributed by atoms with E-state index in [1.807, 2.05) is 18.3 Å². The summed E-state index contributed by atoms with van der Waals surface area (Å²) in [5.41, 5.74) is 10.7. The maximum atomic E-state index is 5.89. The van der Waals surface area contributed by atoms with Crippen molar-refractivity contribution < 1.29 is 4.74 Å². The fraction of sp³-hybridized carbons (Fsp3) is 0.346. The molecule has 1 aliphatic rings. The molecule has 9 nitrogen and oxygen atoms in total. The lowest BCUT2D eigenvalue weighted by atomic mass is 10.0. The molecule has 5 N–H and O–H groups in total. The summed E-state index contributed by atoms with van der Waals surface area (Å²) in [5, 5.41) is 15.4. The highest BCUT2D eigenvalue weighted by Gasteiger charge is 2.14. The first-order valence-corrected chi connectivity index (χ1v) is 12.2. The zero-order valence-corrected chi connectivity index (χ0v) is 21.0. The first-order valence-electron chi connectivity index (χ1n) is 12.2. The molecule has 0 spiro atoms.